The van der Waals surface area contributed by atoms with Crippen LogP contribution in [0.5, 0.6) is 0 Å². The normalized spacial score (nSPS) is 15.0. The molecule has 1 aliphatic rings. The number of thiazole rings is 1. The van der Waals surface area contributed by atoms with Gasteiger partial charge in [0.1, 0.15) is 5.00 Å². The van der Waals surface area contributed by atoms with Crippen molar-refractivity contribution in [3.05, 3.63) is 52.1 Å². The maximum Gasteiger partial charge on any atom is 0.257 e. The summed E-state index contributed by atoms with van der Waals surface area (Å²) in [5, 5.41) is 4.06. The minimum Gasteiger partial charge on any atom is -0.345 e. The fourth-order valence-corrected chi connectivity index (χ4v) is 4.96. The van der Waals surface area contributed by atoms with Crippen LogP contribution in [0.2, 0.25) is 0 Å². The molecule has 3 aromatic rings. The number of hydrogen-bond donors (Lipinski definition) is 0. The van der Waals surface area contributed by atoms with Gasteiger partial charge in [-0.1, -0.05) is 0 Å². The predicted octanol–water partition coefficient (Wildman–Crippen LogP) is 3.57. The van der Waals surface area contributed by atoms with Gasteiger partial charge in [0.15, 0.2) is 5.13 Å². The lowest BCUT2D eigenvalue weighted by Crippen LogP contribution is -2.49. The van der Waals surface area contributed by atoms with E-state index >= 15 is 0 Å². The molecule has 0 bridgehead atoms. The van der Waals surface area contributed by atoms with E-state index in [0.29, 0.717) is 0 Å². The summed E-state index contributed by atoms with van der Waals surface area (Å²) in [6.45, 7) is 7.28. The van der Waals surface area contributed by atoms with Crippen LogP contribution in [0.25, 0.3) is 5.00 Å². The SMILES string of the molecule is Cc1sc(-n2cccc2)c(C(=O)N2CCN(c3nccs3)CC2)c1C. The van der Waals surface area contributed by atoms with E-state index in [1.807, 2.05) is 45.6 Å². The highest BCUT2D eigenvalue weighted by atomic mass is 32.1. The zero-order valence-electron chi connectivity index (χ0n) is 14.3. The van der Waals surface area contributed by atoms with Crippen LogP contribution in [0.15, 0.2) is 36.1 Å². The summed E-state index contributed by atoms with van der Waals surface area (Å²) in [7, 11) is 0. The number of piperazine rings is 1. The molecule has 5 nitrogen and oxygen atoms in total. The summed E-state index contributed by atoms with van der Waals surface area (Å²) in [5.74, 6) is 0.143. The Morgan fingerprint density at radius 2 is 1.84 bits per heavy atom. The third-order valence-corrected chi connectivity index (χ3v) is 6.73. The van der Waals surface area contributed by atoms with Gasteiger partial charge in [0.25, 0.3) is 5.91 Å². The van der Waals surface area contributed by atoms with Crippen molar-refractivity contribution in [3.63, 3.8) is 0 Å². The molecule has 0 unspecified atom stereocenters. The van der Waals surface area contributed by atoms with Crippen LogP contribution in [0.3, 0.4) is 0 Å². The molecule has 4 rings (SSSR count). The van der Waals surface area contributed by atoms with Gasteiger partial charge in [-0.3, -0.25) is 4.79 Å². The van der Waals surface area contributed by atoms with Gasteiger partial charge in [0, 0.05) is 55.0 Å². The van der Waals surface area contributed by atoms with Crippen molar-refractivity contribution >= 4 is 33.7 Å². The van der Waals surface area contributed by atoms with E-state index < -0.39 is 0 Å². The molecule has 1 aliphatic heterocycles. The predicted molar refractivity (Wildman–Crippen MR) is 103 cm³/mol. The van der Waals surface area contributed by atoms with Gasteiger partial charge < -0.3 is 14.4 Å². The number of thiophene rings is 1. The lowest BCUT2D eigenvalue weighted by molar-refractivity contribution is 0.0746. The van der Waals surface area contributed by atoms with Gasteiger partial charge >= 0.3 is 0 Å². The Morgan fingerprint density at radius 3 is 2.48 bits per heavy atom. The second-order valence-electron chi connectivity index (χ2n) is 6.15. The second kappa shape index (κ2) is 6.65. The second-order valence-corrected chi connectivity index (χ2v) is 8.22. The molecule has 1 fully saturated rings. The van der Waals surface area contributed by atoms with Crippen LogP contribution >= 0.6 is 22.7 Å². The first kappa shape index (κ1) is 16.4. The molecule has 4 heterocycles. The quantitative estimate of drug-likeness (QED) is 0.706. The first-order valence-electron chi connectivity index (χ1n) is 8.32. The molecule has 1 saturated heterocycles. The summed E-state index contributed by atoms with van der Waals surface area (Å²) in [6, 6.07) is 3.98. The van der Waals surface area contributed by atoms with E-state index in [2.05, 4.69) is 23.7 Å². The van der Waals surface area contributed by atoms with Gasteiger partial charge in [-0.15, -0.1) is 22.7 Å². The number of carbonyl (C=O) groups excluding carboxylic acids is 1. The molecule has 0 spiro atoms. The van der Waals surface area contributed by atoms with E-state index in [4.69, 9.17) is 0 Å². The average Bonchev–Trinajstić information content (AvgIpc) is 3.37. The molecule has 130 valence electrons. The average molecular weight is 373 g/mol. The van der Waals surface area contributed by atoms with Gasteiger partial charge in [-0.2, -0.15) is 0 Å². The Hall–Kier alpha value is -2.12. The highest BCUT2D eigenvalue weighted by Crippen LogP contribution is 2.32. The van der Waals surface area contributed by atoms with Crippen LogP contribution < -0.4 is 4.90 Å². The van der Waals surface area contributed by atoms with Gasteiger partial charge in [0.05, 0.1) is 5.56 Å². The van der Waals surface area contributed by atoms with Gasteiger partial charge in [0.2, 0.25) is 0 Å². The summed E-state index contributed by atoms with van der Waals surface area (Å²) in [6.07, 6.45) is 5.84. The molecule has 0 radical (unpaired) electrons. The number of rotatable bonds is 3. The van der Waals surface area contributed by atoms with Crippen molar-refractivity contribution in [2.45, 2.75) is 13.8 Å². The fraction of sp³-hybridized carbons (Fsp3) is 0.333. The molecule has 0 aliphatic carbocycles. The summed E-state index contributed by atoms with van der Waals surface area (Å²) in [5.41, 5.74) is 1.95. The monoisotopic (exact) mass is 372 g/mol. The Kier molecular flexibility index (Phi) is 4.35. The summed E-state index contributed by atoms with van der Waals surface area (Å²) >= 11 is 3.34. The Bertz CT molecular complexity index is 859. The number of anilines is 1. The Balaban J connectivity index is 1.56. The fourth-order valence-electron chi connectivity index (χ4n) is 3.14. The molecule has 25 heavy (non-hydrogen) atoms. The number of hydrogen-bond acceptors (Lipinski definition) is 5. The third kappa shape index (κ3) is 2.98. The Morgan fingerprint density at radius 1 is 1.12 bits per heavy atom. The van der Waals surface area contributed by atoms with Crippen LogP contribution in [-0.2, 0) is 0 Å². The molecule has 1 amide bonds. The number of aromatic nitrogens is 2. The van der Waals surface area contributed by atoms with E-state index in [0.717, 1.165) is 47.4 Å². The van der Waals surface area contributed by atoms with Crippen molar-refractivity contribution in [1.29, 1.82) is 0 Å². The largest absolute Gasteiger partial charge is 0.345 e. The molecule has 3 aromatic heterocycles. The maximum atomic E-state index is 13.2. The first-order chi connectivity index (χ1) is 12.1. The molecule has 7 heteroatoms. The van der Waals surface area contributed by atoms with Gasteiger partial charge in [-0.05, 0) is 31.5 Å². The van der Waals surface area contributed by atoms with Gasteiger partial charge in [-0.25, -0.2) is 4.98 Å². The summed E-state index contributed by atoms with van der Waals surface area (Å²) in [4.78, 5) is 23.0. The van der Waals surface area contributed by atoms with E-state index in [1.54, 1.807) is 22.7 Å². The number of aryl methyl sites for hydroxylation is 1. The van der Waals surface area contributed by atoms with Crippen molar-refractivity contribution < 1.29 is 4.79 Å². The molecular formula is C18H20N4OS2. The van der Waals surface area contributed by atoms with Crippen molar-refractivity contribution in [3.8, 4) is 5.00 Å². The zero-order valence-corrected chi connectivity index (χ0v) is 15.9. The number of carbonyl (C=O) groups is 1. The van der Waals surface area contributed by atoms with E-state index in [1.165, 1.54) is 4.88 Å². The number of amides is 1. The zero-order chi connectivity index (χ0) is 17.4. The highest BCUT2D eigenvalue weighted by molar-refractivity contribution is 7.15. The van der Waals surface area contributed by atoms with Crippen molar-refractivity contribution in [2.24, 2.45) is 0 Å². The molecule has 0 saturated carbocycles. The van der Waals surface area contributed by atoms with Crippen molar-refractivity contribution in [2.75, 3.05) is 31.1 Å². The Labute approximate surface area is 155 Å². The lowest BCUT2D eigenvalue weighted by Gasteiger charge is -2.34. The molecular weight excluding hydrogens is 352 g/mol. The summed E-state index contributed by atoms with van der Waals surface area (Å²) < 4.78 is 2.05. The molecule has 0 N–H and O–H groups in total. The third-order valence-electron chi connectivity index (χ3n) is 4.68. The molecule has 0 atom stereocenters. The van der Waals surface area contributed by atoms with Crippen LogP contribution in [0.4, 0.5) is 5.13 Å². The highest BCUT2D eigenvalue weighted by Gasteiger charge is 2.28. The topological polar surface area (TPSA) is 41.4 Å². The maximum absolute atomic E-state index is 13.2. The minimum absolute atomic E-state index is 0.143. The molecule has 0 aromatic carbocycles. The van der Waals surface area contributed by atoms with Crippen molar-refractivity contribution in [1.82, 2.24) is 14.5 Å². The van der Waals surface area contributed by atoms with E-state index in [-0.39, 0.29) is 5.91 Å². The van der Waals surface area contributed by atoms with Crippen LogP contribution in [0, 0.1) is 13.8 Å². The first-order valence-corrected chi connectivity index (χ1v) is 10.0. The smallest absolute Gasteiger partial charge is 0.257 e. The van der Waals surface area contributed by atoms with Crippen LogP contribution in [0.1, 0.15) is 20.8 Å². The lowest BCUT2D eigenvalue weighted by atomic mass is 10.1. The standard InChI is InChI=1S/C18H20N4OS2/c1-13-14(2)25-17(21-6-3-4-7-21)15(13)16(23)20-8-10-22(11-9-20)18-19-5-12-24-18/h3-7,12H,8-11H2,1-2H3. The number of nitrogens with zero attached hydrogens (tertiary/aromatic N) is 4. The van der Waals surface area contributed by atoms with Crippen LogP contribution in [-0.4, -0.2) is 46.5 Å². The minimum atomic E-state index is 0.143. The van der Waals surface area contributed by atoms with E-state index in [9.17, 15) is 4.79 Å².